The Morgan fingerprint density at radius 2 is 2.12 bits per heavy atom. The Bertz CT molecular complexity index is 282. The number of carboxylic acid groups (broad SMARTS) is 1. The van der Waals surface area contributed by atoms with E-state index < -0.39 is 30.3 Å². The molecule has 1 aliphatic heterocycles. The number of alkyl halides is 3. The van der Waals surface area contributed by atoms with E-state index in [1.807, 2.05) is 0 Å². The second kappa shape index (κ2) is 4.21. The Kier molecular flexibility index (Phi) is 3.49. The van der Waals surface area contributed by atoms with Crippen LogP contribution in [0.15, 0.2) is 0 Å². The van der Waals surface area contributed by atoms with Crippen molar-refractivity contribution in [1.29, 1.82) is 0 Å². The molecule has 1 aliphatic rings. The Morgan fingerprint density at radius 1 is 1.56 bits per heavy atom. The van der Waals surface area contributed by atoms with Gasteiger partial charge in [0.25, 0.3) is 0 Å². The van der Waals surface area contributed by atoms with E-state index in [1.54, 1.807) is 0 Å². The van der Waals surface area contributed by atoms with Crippen molar-refractivity contribution in [3.8, 4) is 0 Å². The molecule has 16 heavy (non-hydrogen) atoms. The molecule has 0 aromatic rings. The molecule has 1 N–H and O–H groups in total. The van der Waals surface area contributed by atoms with Crippen molar-refractivity contribution < 1.29 is 27.8 Å². The minimum Gasteiger partial charge on any atom is -0.480 e. The summed E-state index contributed by atoms with van der Waals surface area (Å²) < 4.78 is 42.8. The van der Waals surface area contributed by atoms with Gasteiger partial charge in [-0.1, -0.05) is 0 Å². The number of carboxylic acids is 1. The van der Waals surface area contributed by atoms with Gasteiger partial charge in [0.2, 0.25) is 0 Å². The number of aliphatic carboxylic acids is 1. The van der Waals surface area contributed by atoms with Gasteiger partial charge in [0.05, 0.1) is 0 Å². The van der Waals surface area contributed by atoms with Crippen molar-refractivity contribution in [3.63, 3.8) is 0 Å². The summed E-state index contributed by atoms with van der Waals surface area (Å²) in [5.41, 5.74) is -2.23. The predicted octanol–water partition coefficient (Wildman–Crippen LogP) is 1.11. The zero-order chi connectivity index (χ0) is 12.6. The van der Waals surface area contributed by atoms with Crippen molar-refractivity contribution >= 4 is 5.97 Å². The summed E-state index contributed by atoms with van der Waals surface area (Å²) in [5.74, 6) is -1.13. The first kappa shape index (κ1) is 13.2. The van der Waals surface area contributed by atoms with Crippen LogP contribution in [0.1, 0.15) is 13.3 Å². The molecule has 0 unspecified atom stereocenters. The minimum atomic E-state index is -4.48. The molecular weight excluding hydrogens is 227 g/mol. The van der Waals surface area contributed by atoms with E-state index in [0.717, 1.165) is 7.11 Å². The first-order valence-electron chi connectivity index (χ1n) is 4.82. The average Bonchev–Trinajstić information content (AvgIpc) is 2.60. The lowest BCUT2D eigenvalue weighted by Gasteiger charge is -2.31. The standard InChI is InChI=1S/C9H14F3NO3/c1-6(7(14)15)13-4-3-8(5-13,16-2)9(10,11)12/h6H,3-5H2,1-2H3,(H,14,15)/t6-,8-/m1/s1. The van der Waals surface area contributed by atoms with Gasteiger partial charge in [-0.25, -0.2) is 0 Å². The minimum absolute atomic E-state index is 0.0703. The largest absolute Gasteiger partial charge is 0.480 e. The van der Waals surface area contributed by atoms with E-state index in [0.29, 0.717) is 0 Å². The highest BCUT2D eigenvalue weighted by atomic mass is 19.4. The fourth-order valence-electron chi connectivity index (χ4n) is 1.81. The summed E-state index contributed by atoms with van der Waals surface area (Å²) in [7, 11) is 1.00. The molecule has 1 rings (SSSR count). The quantitative estimate of drug-likeness (QED) is 0.804. The number of carbonyl (C=O) groups is 1. The number of nitrogens with zero attached hydrogens (tertiary/aromatic N) is 1. The van der Waals surface area contributed by atoms with Crippen LogP contribution in [0, 0.1) is 0 Å². The van der Waals surface area contributed by atoms with Crippen LogP contribution >= 0.6 is 0 Å². The SMILES string of the molecule is CO[C@]1(C(F)(F)F)CCN([C@H](C)C(=O)O)C1. The van der Waals surface area contributed by atoms with Gasteiger partial charge in [0.15, 0.2) is 5.60 Å². The molecule has 4 nitrogen and oxygen atoms in total. The Hall–Kier alpha value is -0.820. The smallest absolute Gasteiger partial charge is 0.418 e. The second-order valence-corrected chi connectivity index (χ2v) is 3.93. The fourth-order valence-corrected chi connectivity index (χ4v) is 1.81. The summed E-state index contributed by atoms with van der Waals surface area (Å²) in [4.78, 5) is 11.9. The van der Waals surface area contributed by atoms with E-state index in [9.17, 15) is 18.0 Å². The number of hydrogen-bond donors (Lipinski definition) is 1. The maximum absolute atomic E-state index is 12.8. The number of halogens is 3. The monoisotopic (exact) mass is 241 g/mol. The highest BCUT2D eigenvalue weighted by molar-refractivity contribution is 5.72. The summed E-state index contributed by atoms with van der Waals surface area (Å²) in [6, 6.07) is -0.931. The maximum atomic E-state index is 12.8. The van der Waals surface area contributed by atoms with Gasteiger partial charge in [-0.2, -0.15) is 13.2 Å². The molecule has 7 heteroatoms. The Balaban J connectivity index is 2.80. The zero-order valence-corrected chi connectivity index (χ0v) is 9.04. The van der Waals surface area contributed by atoms with E-state index >= 15 is 0 Å². The summed E-state index contributed by atoms with van der Waals surface area (Å²) in [5, 5.41) is 8.72. The van der Waals surface area contributed by atoms with Crippen LogP contribution in [0.4, 0.5) is 13.2 Å². The lowest BCUT2D eigenvalue weighted by atomic mass is 10.0. The highest BCUT2D eigenvalue weighted by Gasteiger charge is 2.59. The summed E-state index contributed by atoms with van der Waals surface area (Å²) in [6.07, 6.45) is -4.71. The third-order valence-electron chi connectivity index (χ3n) is 3.07. The van der Waals surface area contributed by atoms with Crippen LogP contribution in [0.5, 0.6) is 0 Å². The van der Waals surface area contributed by atoms with Gasteiger partial charge in [-0.3, -0.25) is 9.69 Å². The van der Waals surface area contributed by atoms with Crippen LogP contribution < -0.4 is 0 Å². The molecule has 0 amide bonds. The van der Waals surface area contributed by atoms with E-state index in [4.69, 9.17) is 5.11 Å². The molecule has 0 saturated carbocycles. The van der Waals surface area contributed by atoms with Crippen molar-refractivity contribution in [3.05, 3.63) is 0 Å². The van der Waals surface area contributed by atoms with E-state index in [1.165, 1.54) is 11.8 Å². The van der Waals surface area contributed by atoms with Crippen LogP contribution in [-0.2, 0) is 9.53 Å². The van der Waals surface area contributed by atoms with Gasteiger partial charge in [0.1, 0.15) is 6.04 Å². The third kappa shape index (κ3) is 2.15. The molecule has 2 atom stereocenters. The topological polar surface area (TPSA) is 49.8 Å². The average molecular weight is 241 g/mol. The van der Waals surface area contributed by atoms with Crippen LogP contribution in [0.2, 0.25) is 0 Å². The van der Waals surface area contributed by atoms with Crippen molar-refractivity contribution in [2.75, 3.05) is 20.2 Å². The molecular formula is C9H14F3NO3. The molecule has 0 aromatic carbocycles. The van der Waals surface area contributed by atoms with E-state index in [-0.39, 0.29) is 13.0 Å². The number of hydrogen-bond acceptors (Lipinski definition) is 3. The maximum Gasteiger partial charge on any atom is 0.418 e. The normalized spacial score (nSPS) is 29.3. The van der Waals surface area contributed by atoms with Gasteiger partial charge in [-0.05, 0) is 13.3 Å². The predicted molar refractivity (Wildman–Crippen MR) is 49.1 cm³/mol. The first-order chi connectivity index (χ1) is 7.23. The van der Waals surface area contributed by atoms with Crippen LogP contribution in [-0.4, -0.2) is 54.0 Å². The summed E-state index contributed by atoms with van der Waals surface area (Å²) in [6.45, 7) is 1.01. The molecule has 0 spiro atoms. The highest BCUT2D eigenvalue weighted by Crippen LogP contribution is 2.40. The molecule has 0 bridgehead atoms. The molecule has 0 aromatic heterocycles. The van der Waals surface area contributed by atoms with Crippen LogP contribution in [0.3, 0.4) is 0 Å². The Morgan fingerprint density at radius 3 is 2.44 bits per heavy atom. The van der Waals surface area contributed by atoms with Gasteiger partial charge in [0, 0.05) is 20.2 Å². The number of rotatable bonds is 3. The fraction of sp³-hybridized carbons (Fsp3) is 0.889. The molecule has 1 saturated heterocycles. The van der Waals surface area contributed by atoms with Crippen LogP contribution in [0.25, 0.3) is 0 Å². The third-order valence-corrected chi connectivity index (χ3v) is 3.07. The van der Waals surface area contributed by atoms with Crippen molar-refractivity contribution in [2.24, 2.45) is 0 Å². The molecule has 0 radical (unpaired) electrons. The number of likely N-dealkylation sites (tertiary alicyclic amines) is 1. The molecule has 1 fully saturated rings. The van der Waals surface area contributed by atoms with Crippen molar-refractivity contribution in [1.82, 2.24) is 4.90 Å². The lowest BCUT2D eigenvalue weighted by Crippen LogP contribution is -2.50. The summed E-state index contributed by atoms with van der Waals surface area (Å²) >= 11 is 0. The first-order valence-corrected chi connectivity index (χ1v) is 4.82. The zero-order valence-electron chi connectivity index (χ0n) is 9.04. The second-order valence-electron chi connectivity index (χ2n) is 3.93. The molecule has 0 aliphatic carbocycles. The van der Waals surface area contributed by atoms with Gasteiger partial charge < -0.3 is 9.84 Å². The Labute approximate surface area is 91.0 Å². The lowest BCUT2D eigenvalue weighted by molar-refractivity contribution is -0.264. The van der Waals surface area contributed by atoms with Gasteiger partial charge >= 0.3 is 12.1 Å². The molecule has 1 heterocycles. The number of methoxy groups -OCH3 is 1. The molecule has 94 valence electrons. The van der Waals surface area contributed by atoms with Crippen molar-refractivity contribution in [2.45, 2.75) is 31.2 Å². The van der Waals surface area contributed by atoms with E-state index in [2.05, 4.69) is 4.74 Å². The van der Waals surface area contributed by atoms with Gasteiger partial charge in [-0.15, -0.1) is 0 Å². The number of ether oxygens (including phenoxy) is 1.